The fraction of sp³-hybridized carbons (Fsp3) is 0.500. The number of nitrogens with two attached hydrogens (primary N) is 1. The number of furan rings is 1. The van der Waals surface area contributed by atoms with Gasteiger partial charge in [-0.05, 0) is 43.1 Å². The maximum Gasteiger partial charge on any atom is 0.193 e. The van der Waals surface area contributed by atoms with Crippen molar-refractivity contribution in [2.45, 2.75) is 19.3 Å². The number of hydrogen-bond acceptors (Lipinski definition) is 2. The predicted octanol–water partition coefficient (Wildman–Crippen LogP) is 2.21. The quantitative estimate of drug-likeness (QED) is 0.710. The second-order valence-electron chi connectivity index (χ2n) is 2.45. The van der Waals surface area contributed by atoms with Crippen molar-refractivity contribution < 1.29 is 4.42 Å². The second-order valence-corrected chi connectivity index (χ2v) is 2.82. The number of rotatable bonds is 4. The van der Waals surface area contributed by atoms with Crippen molar-refractivity contribution in [3.63, 3.8) is 0 Å². The third-order valence-corrected chi connectivity index (χ3v) is 1.71. The van der Waals surface area contributed by atoms with Crippen LogP contribution in [0, 0.1) is 0 Å². The van der Waals surface area contributed by atoms with E-state index in [1.807, 2.05) is 6.07 Å². The Morgan fingerprint density at radius 2 is 2.18 bits per heavy atom. The summed E-state index contributed by atoms with van der Waals surface area (Å²) in [6, 6.07) is 3.66. The van der Waals surface area contributed by atoms with Crippen LogP contribution >= 0.6 is 11.6 Å². The van der Waals surface area contributed by atoms with E-state index in [4.69, 9.17) is 21.8 Å². The topological polar surface area (TPSA) is 39.2 Å². The maximum absolute atomic E-state index is 5.58. The molecular formula is C8H12ClNO. The van der Waals surface area contributed by atoms with Gasteiger partial charge in [0.05, 0.1) is 0 Å². The fourth-order valence-electron chi connectivity index (χ4n) is 0.930. The zero-order chi connectivity index (χ0) is 8.10. The smallest absolute Gasteiger partial charge is 0.193 e. The normalized spacial score (nSPS) is 10.4. The van der Waals surface area contributed by atoms with Crippen LogP contribution in [0.2, 0.25) is 5.22 Å². The van der Waals surface area contributed by atoms with Gasteiger partial charge in [0, 0.05) is 6.42 Å². The summed E-state index contributed by atoms with van der Waals surface area (Å²) in [4.78, 5) is 0. The van der Waals surface area contributed by atoms with E-state index >= 15 is 0 Å². The molecule has 0 amide bonds. The van der Waals surface area contributed by atoms with Crippen LogP contribution in [0.5, 0.6) is 0 Å². The highest BCUT2D eigenvalue weighted by Gasteiger charge is 1.97. The molecule has 1 heterocycles. The molecule has 2 nitrogen and oxygen atoms in total. The number of aryl methyl sites for hydroxylation is 1. The van der Waals surface area contributed by atoms with E-state index in [1.165, 1.54) is 0 Å². The van der Waals surface area contributed by atoms with Gasteiger partial charge >= 0.3 is 0 Å². The van der Waals surface area contributed by atoms with Gasteiger partial charge in [0.2, 0.25) is 0 Å². The molecule has 0 aliphatic carbocycles. The van der Waals surface area contributed by atoms with E-state index in [9.17, 15) is 0 Å². The van der Waals surface area contributed by atoms with Gasteiger partial charge in [0.1, 0.15) is 5.76 Å². The average molecular weight is 174 g/mol. The average Bonchev–Trinajstić information content (AvgIpc) is 2.37. The number of halogens is 1. The first-order valence-corrected chi connectivity index (χ1v) is 4.15. The lowest BCUT2D eigenvalue weighted by Crippen LogP contribution is -1.98. The molecule has 11 heavy (non-hydrogen) atoms. The Bertz CT molecular complexity index is 210. The van der Waals surface area contributed by atoms with Gasteiger partial charge in [-0.15, -0.1) is 0 Å². The van der Waals surface area contributed by atoms with Crippen molar-refractivity contribution in [1.29, 1.82) is 0 Å². The molecule has 0 aliphatic heterocycles. The Kier molecular flexibility index (Phi) is 3.46. The van der Waals surface area contributed by atoms with Crippen molar-refractivity contribution in [2.24, 2.45) is 5.73 Å². The molecule has 1 aromatic heterocycles. The monoisotopic (exact) mass is 173 g/mol. The summed E-state index contributed by atoms with van der Waals surface area (Å²) in [7, 11) is 0. The molecule has 0 fully saturated rings. The predicted molar refractivity (Wildman–Crippen MR) is 45.7 cm³/mol. The van der Waals surface area contributed by atoms with Crippen molar-refractivity contribution in [3.8, 4) is 0 Å². The molecule has 0 unspecified atom stereocenters. The molecular weight excluding hydrogens is 162 g/mol. The Balaban J connectivity index is 2.27. The molecule has 0 aromatic carbocycles. The first-order chi connectivity index (χ1) is 5.33. The molecule has 0 saturated carbocycles. The van der Waals surface area contributed by atoms with Crippen LogP contribution in [-0.4, -0.2) is 6.54 Å². The van der Waals surface area contributed by atoms with Gasteiger partial charge in [-0.2, -0.15) is 0 Å². The summed E-state index contributed by atoms with van der Waals surface area (Å²) in [5.41, 5.74) is 5.34. The minimum Gasteiger partial charge on any atom is -0.450 e. The highest BCUT2D eigenvalue weighted by molar-refractivity contribution is 6.28. The summed E-state index contributed by atoms with van der Waals surface area (Å²) in [6.45, 7) is 0.744. The largest absolute Gasteiger partial charge is 0.450 e. The molecule has 62 valence electrons. The maximum atomic E-state index is 5.58. The minimum atomic E-state index is 0.466. The molecule has 1 aromatic rings. The van der Waals surface area contributed by atoms with E-state index in [-0.39, 0.29) is 0 Å². The van der Waals surface area contributed by atoms with Gasteiger partial charge in [0.25, 0.3) is 0 Å². The molecule has 0 bridgehead atoms. The second kappa shape index (κ2) is 4.42. The van der Waals surface area contributed by atoms with E-state index in [2.05, 4.69) is 0 Å². The minimum absolute atomic E-state index is 0.466. The highest BCUT2D eigenvalue weighted by atomic mass is 35.5. The fourth-order valence-corrected chi connectivity index (χ4v) is 1.09. The first kappa shape index (κ1) is 8.62. The lowest BCUT2D eigenvalue weighted by Gasteiger charge is -1.93. The van der Waals surface area contributed by atoms with Gasteiger partial charge < -0.3 is 10.2 Å². The molecule has 0 aliphatic rings. The summed E-state index contributed by atoms with van der Waals surface area (Å²) in [6.07, 6.45) is 3.04. The summed E-state index contributed by atoms with van der Waals surface area (Å²) >= 11 is 5.58. The van der Waals surface area contributed by atoms with Crippen molar-refractivity contribution >= 4 is 11.6 Å². The summed E-state index contributed by atoms with van der Waals surface area (Å²) in [5.74, 6) is 0.948. The van der Waals surface area contributed by atoms with Crippen LogP contribution in [-0.2, 0) is 6.42 Å². The number of hydrogen-bond donors (Lipinski definition) is 1. The molecule has 0 saturated heterocycles. The van der Waals surface area contributed by atoms with Crippen LogP contribution in [0.3, 0.4) is 0 Å². The molecule has 0 radical (unpaired) electrons. The van der Waals surface area contributed by atoms with Crippen LogP contribution in [0.1, 0.15) is 18.6 Å². The van der Waals surface area contributed by atoms with Crippen molar-refractivity contribution in [3.05, 3.63) is 23.1 Å². The molecule has 0 spiro atoms. The van der Waals surface area contributed by atoms with E-state index in [0.717, 1.165) is 31.6 Å². The lowest BCUT2D eigenvalue weighted by molar-refractivity contribution is 0.500. The Hall–Kier alpha value is -0.470. The van der Waals surface area contributed by atoms with Gasteiger partial charge in [-0.25, -0.2) is 0 Å². The third-order valence-electron chi connectivity index (χ3n) is 1.51. The van der Waals surface area contributed by atoms with Crippen LogP contribution in [0.15, 0.2) is 16.5 Å². The zero-order valence-electron chi connectivity index (χ0n) is 6.35. The summed E-state index contributed by atoms with van der Waals surface area (Å²) < 4.78 is 5.15. The van der Waals surface area contributed by atoms with Crippen molar-refractivity contribution in [2.75, 3.05) is 6.54 Å². The van der Waals surface area contributed by atoms with Gasteiger partial charge in [-0.3, -0.25) is 0 Å². The van der Waals surface area contributed by atoms with E-state index in [0.29, 0.717) is 5.22 Å². The molecule has 0 atom stereocenters. The standard InChI is InChI=1S/C8H12ClNO/c9-8-5-4-7(11-8)3-1-2-6-10/h4-5H,1-3,6,10H2. The van der Waals surface area contributed by atoms with Gasteiger partial charge in [-0.1, -0.05) is 0 Å². The van der Waals surface area contributed by atoms with Crippen LogP contribution in [0.25, 0.3) is 0 Å². The van der Waals surface area contributed by atoms with Crippen molar-refractivity contribution in [1.82, 2.24) is 0 Å². The Morgan fingerprint density at radius 1 is 1.36 bits per heavy atom. The van der Waals surface area contributed by atoms with Crippen LogP contribution < -0.4 is 5.73 Å². The van der Waals surface area contributed by atoms with E-state index < -0.39 is 0 Å². The zero-order valence-corrected chi connectivity index (χ0v) is 7.10. The molecule has 3 heteroatoms. The van der Waals surface area contributed by atoms with Crippen LogP contribution in [0.4, 0.5) is 0 Å². The van der Waals surface area contributed by atoms with E-state index in [1.54, 1.807) is 6.07 Å². The first-order valence-electron chi connectivity index (χ1n) is 3.77. The Morgan fingerprint density at radius 3 is 2.73 bits per heavy atom. The number of unbranched alkanes of at least 4 members (excludes halogenated alkanes) is 1. The summed E-state index contributed by atoms with van der Waals surface area (Å²) in [5, 5.41) is 0.466. The highest BCUT2D eigenvalue weighted by Crippen LogP contribution is 2.14. The molecule has 2 N–H and O–H groups in total. The van der Waals surface area contributed by atoms with Gasteiger partial charge in [0.15, 0.2) is 5.22 Å². The molecule has 1 rings (SSSR count). The Labute approximate surface area is 71.3 Å². The SMILES string of the molecule is NCCCCc1ccc(Cl)o1. The third kappa shape index (κ3) is 2.95. The lowest BCUT2D eigenvalue weighted by atomic mass is 10.2.